The molecule has 0 aliphatic carbocycles. The van der Waals surface area contributed by atoms with Gasteiger partial charge in [0.25, 0.3) is 0 Å². The van der Waals surface area contributed by atoms with Gasteiger partial charge in [0.05, 0.1) is 17.2 Å². The molecule has 17 heavy (non-hydrogen) atoms. The third-order valence-electron chi connectivity index (χ3n) is 1.66. The molecule has 0 bridgehead atoms. The highest BCUT2D eigenvalue weighted by atomic mass is 127. The van der Waals surface area contributed by atoms with E-state index in [0.29, 0.717) is 9.26 Å². The van der Waals surface area contributed by atoms with Gasteiger partial charge in [-0.3, -0.25) is 9.59 Å². The van der Waals surface area contributed by atoms with Crippen LogP contribution in [0.1, 0.15) is 0 Å². The number of carbonyl (C=O) groups excluding carboxylic acids is 1. The van der Waals surface area contributed by atoms with Crippen LogP contribution in [-0.2, 0) is 9.59 Å². The van der Waals surface area contributed by atoms with Crippen molar-refractivity contribution in [3.8, 4) is 0 Å². The summed E-state index contributed by atoms with van der Waals surface area (Å²) >= 11 is 2.92. The molecule has 0 aliphatic rings. The molecule has 0 fully saturated rings. The molecule has 0 atom stereocenters. The van der Waals surface area contributed by atoms with Crippen LogP contribution in [0, 0.1) is 9.39 Å². The fourth-order valence-electron chi connectivity index (χ4n) is 1.01. The van der Waals surface area contributed by atoms with E-state index in [-0.39, 0.29) is 23.2 Å². The van der Waals surface area contributed by atoms with E-state index < -0.39 is 5.97 Å². The third-order valence-corrected chi connectivity index (χ3v) is 3.47. The number of rotatable bonds is 5. The van der Waals surface area contributed by atoms with E-state index in [9.17, 15) is 14.0 Å². The van der Waals surface area contributed by atoms with Crippen LogP contribution in [0.2, 0.25) is 0 Å². The molecule has 0 aromatic heterocycles. The van der Waals surface area contributed by atoms with Crippen LogP contribution in [0.3, 0.4) is 0 Å². The summed E-state index contributed by atoms with van der Waals surface area (Å²) in [5, 5.41) is 11.0. The molecule has 1 aromatic carbocycles. The number of hydrogen-bond acceptors (Lipinski definition) is 3. The zero-order chi connectivity index (χ0) is 12.8. The Morgan fingerprint density at radius 3 is 2.71 bits per heavy atom. The van der Waals surface area contributed by atoms with Crippen molar-refractivity contribution in [2.75, 3.05) is 16.8 Å². The second kappa shape index (κ2) is 6.80. The molecule has 4 nitrogen and oxygen atoms in total. The Hall–Kier alpha value is -0.830. The lowest BCUT2D eigenvalue weighted by Gasteiger charge is -2.06. The smallest absolute Gasteiger partial charge is 0.313 e. The van der Waals surface area contributed by atoms with Gasteiger partial charge in [-0.1, -0.05) is 0 Å². The number of amides is 1. The summed E-state index contributed by atoms with van der Waals surface area (Å²) in [7, 11) is 0. The van der Waals surface area contributed by atoms with Crippen LogP contribution in [0.5, 0.6) is 0 Å². The predicted octanol–water partition coefficient (Wildman–Crippen LogP) is 2.19. The third kappa shape index (κ3) is 5.35. The number of carbonyl (C=O) groups is 2. The van der Waals surface area contributed by atoms with E-state index in [1.165, 1.54) is 18.2 Å². The molecule has 1 aromatic rings. The monoisotopic (exact) mass is 369 g/mol. The van der Waals surface area contributed by atoms with Crippen molar-refractivity contribution >= 4 is 51.9 Å². The van der Waals surface area contributed by atoms with E-state index in [0.717, 1.165) is 11.8 Å². The highest BCUT2D eigenvalue weighted by Gasteiger charge is 2.07. The van der Waals surface area contributed by atoms with Crippen molar-refractivity contribution in [3.05, 3.63) is 27.6 Å². The van der Waals surface area contributed by atoms with Crippen molar-refractivity contribution in [1.29, 1.82) is 0 Å². The van der Waals surface area contributed by atoms with E-state index in [2.05, 4.69) is 5.32 Å². The second-order valence-corrected chi connectivity index (χ2v) is 5.21. The molecular weight excluding hydrogens is 360 g/mol. The molecule has 0 spiro atoms. The van der Waals surface area contributed by atoms with Crippen molar-refractivity contribution in [2.45, 2.75) is 0 Å². The van der Waals surface area contributed by atoms with Crippen LogP contribution in [0.25, 0.3) is 0 Å². The summed E-state index contributed by atoms with van der Waals surface area (Å²) in [6, 6.07) is 4.03. The van der Waals surface area contributed by atoms with Gasteiger partial charge in [-0.05, 0) is 40.8 Å². The van der Waals surface area contributed by atoms with Crippen LogP contribution in [0.4, 0.5) is 10.1 Å². The van der Waals surface area contributed by atoms with Crippen LogP contribution >= 0.6 is 34.4 Å². The van der Waals surface area contributed by atoms with Gasteiger partial charge in [-0.15, -0.1) is 11.8 Å². The van der Waals surface area contributed by atoms with Crippen LogP contribution < -0.4 is 5.32 Å². The molecular formula is C10H9FINO3S. The minimum absolute atomic E-state index is 0.0553. The Morgan fingerprint density at radius 2 is 2.12 bits per heavy atom. The van der Waals surface area contributed by atoms with Gasteiger partial charge in [0, 0.05) is 3.57 Å². The Bertz CT molecular complexity index is 442. The van der Waals surface area contributed by atoms with Crippen molar-refractivity contribution in [2.24, 2.45) is 0 Å². The number of halogens is 2. The lowest BCUT2D eigenvalue weighted by molar-refractivity contribution is -0.133. The lowest BCUT2D eigenvalue weighted by atomic mass is 10.3. The molecule has 1 amide bonds. The van der Waals surface area contributed by atoms with E-state index in [1.807, 2.05) is 22.6 Å². The number of carboxylic acid groups (broad SMARTS) is 1. The Kier molecular flexibility index (Phi) is 5.69. The maximum atomic E-state index is 12.8. The Labute approximate surface area is 115 Å². The SMILES string of the molecule is O=C(O)CSCC(=O)Nc1ccc(F)cc1I. The number of carboxylic acids is 1. The average Bonchev–Trinajstić information content (AvgIpc) is 2.21. The van der Waals surface area contributed by atoms with Gasteiger partial charge in [-0.2, -0.15) is 0 Å². The lowest BCUT2D eigenvalue weighted by Crippen LogP contribution is -2.16. The van der Waals surface area contributed by atoms with Crippen LogP contribution in [0.15, 0.2) is 18.2 Å². The molecule has 0 aliphatic heterocycles. The minimum atomic E-state index is -0.959. The van der Waals surface area contributed by atoms with E-state index >= 15 is 0 Å². The number of nitrogens with one attached hydrogen (secondary N) is 1. The maximum absolute atomic E-state index is 12.8. The van der Waals surface area contributed by atoms with E-state index in [4.69, 9.17) is 5.11 Å². The first-order valence-electron chi connectivity index (χ1n) is 4.53. The van der Waals surface area contributed by atoms with Gasteiger partial charge < -0.3 is 10.4 Å². The standard InChI is InChI=1S/C10H9FINO3S/c11-6-1-2-8(7(12)3-6)13-9(14)4-17-5-10(15)16/h1-3H,4-5H2,(H,13,14)(H,15,16). The second-order valence-electron chi connectivity index (χ2n) is 3.06. The van der Waals surface area contributed by atoms with Gasteiger partial charge in [-0.25, -0.2) is 4.39 Å². The zero-order valence-corrected chi connectivity index (χ0v) is 11.5. The average molecular weight is 369 g/mol. The molecule has 2 N–H and O–H groups in total. The number of benzene rings is 1. The Balaban J connectivity index is 2.48. The molecule has 0 heterocycles. The summed E-state index contributed by atoms with van der Waals surface area (Å²) in [5.74, 6) is -1.69. The van der Waals surface area contributed by atoms with Gasteiger partial charge in [0.15, 0.2) is 0 Å². The number of anilines is 1. The van der Waals surface area contributed by atoms with Gasteiger partial charge in [0.1, 0.15) is 5.82 Å². The van der Waals surface area contributed by atoms with Gasteiger partial charge in [0.2, 0.25) is 5.91 Å². The summed E-state index contributed by atoms with van der Waals surface area (Å²) in [6.45, 7) is 0. The molecule has 7 heteroatoms. The normalized spacial score (nSPS) is 10.0. The van der Waals surface area contributed by atoms with Crippen molar-refractivity contribution in [1.82, 2.24) is 0 Å². The summed E-state index contributed by atoms with van der Waals surface area (Å²) in [5.41, 5.74) is 0.521. The molecule has 0 saturated carbocycles. The molecule has 0 unspecified atom stereocenters. The first-order chi connectivity index (χ1) is 7.99. The fourth-order valence-corrected chi connectivity index (χ4v) is 2.15. The molecule has 92 valence electrons. The number of hydrogen-bond donors (Lipinski definition) is 2. The van der Waals surface area contributed by atoms with Crippen molar-refractivity contribution < 1.29 is 19.1 Å². The Morgan fingerprint density at radius 1 is 1.41 bits per heavy atom. The van der Waals surface area contributed by atoms with E-state index in [1.54, 1.807) is 0 Å². The predicted molar refractivity (Wildman–Crippen MR) is 72.7 cm³/mol. The maximum Gasteiger partial charge on any atom is 0.313 e. The zero-order valence-electron chi connectivity index (χ0n) is 8.57. The first-order valence-corrected chi connectivity index (χ1v) is 6.77. The number of aliphatic carboxylic acids is 1. The quantitative estimate of drug-likeness (QED) is 0.781. The summed E-state index contributed by atoms with van der Waals surface area (Å²) in [4.78, 5) is 21.6. The largest absolute Gasteiger partial charge is 0.481 e. The fraction of sp³-hybridized carbons (Fsp3) is 0.200. The van der Waals surface area contributed by atoms with Gasteiger partial charge >= 0.3 is 5.97 Å². The molecule has 0 radical (unpaired) electrons. The first kappa shape index (κ1) is 14.2. The summed E-state index contributed by atoms with van der Waals surface area (Å²) in [6.07, 6.45) is 0. The highest BCUT2D eigenvalue weighted by molar-refractivity contribution is 14.1. The van der Waals surface area contributed by atoms with Crippen molar-refractivity contribution in [3.63, 3.8) is 0 Å². The number of thioether (sulfide) groups is 1. The summed E-state index contributed by atoms with van der Waals surface area (Å²) < 4.78 is 13.4. The molecule has 0 saturated heterocycles. The van der Waals surface area contributed by atoms with Crippen LogP contribution in [-0.4, -0.2) is 28.5 Å². The highest BCUT2D eigenvalue weighted by Crippen LogP contribution is 2.19. The minimum Gasteiger partial charge on any atom is -0.481 e. The topological polar surface area (TPSA) is 66.4 Å². The molecule has 1 rings (SSSR count).